The molecule has 142 valence electrons. The number of hydrogen-bond donors (Lipinski definition) is 1. The van der Waals surface area contributed by atoms with Gasteiger partial charge >= 0.3 is 6.09 Å². The Hall–Kier alpha value is -1.97. The van der Waals surface area contributed by atoms with Crippen LogP contribution < -0.4 is 4.74 Å². The minimum Gasteiger partial charge on any atom is -0.497 e. The van der Waals surface area contributed by atoms with E-state index in [2.05, 4.69) is 0 Å². The summed E-state index contributed by atoms with van der Waals surface area (Å²) in [4.78, 5) is 11.7. The van der Waals surface area contributed by atoms with Crippen molar-refractivity contribution in [3.8, 4) is 5.75 Å². The van der Waals surface area contributed by atoms with Crippen LogP contribution in [-0.4, -0.2) is 50.2 Å². The lowest BCUT2D eigenvalue weighted by Gasteiger charge is -2.35. The Morgan fingerprint density at radius 2 is 1.85 bits per heavy atom. The highest BCUT2D eigenvalue weighted by atomic mass is 32.2. The summed E-state index contributed by atoms with van der Waals surface area (Å²) in [6.07, 6.45) is -0.00300. The number of thioether (sulfide) groups is 1. The maximum atomic E-state index is 13.2. The molecule has 2 rings (SSSR count). The van der Waals surface area contributed by atoms with Gasteiger partial charge in [0, 0.05) is 7.11 Å². The number of sulfone groups is 1. The number of rotatable bonds is 5. The number of benzene rings is 1. The van der Waals surface area contributed by atoms with Crippen molar-refractivity contribution in [2.45, 2.75) is 23.6 Å². The van der Waals surface area contributed by atoms with Crippen LogP contribution in [0, 0.1) is 0 Å². The highest BCUT2D eigenvalue weighted by Gasteiger charge is 2.41. The highest BCUT2D eigenvalue weighted by Crippen LogP contribution is 2.40. The van der Waals surface area contributed by atoms with E-state index in [0.717, 1.165) is 4.90 Å². The van der Waals surface area contributed by atoms with Crippen LogP contribution in [0.25, 0.3) is 0 Å². The van der Waals surface area contributed by atoms with E-state index in [9.17, 15) is 18.3 Å². The summed E-state index contributed by atoms with van der Waals surface area (Å²) in [6, 6.07) is 5.81. The zero-order valence-corrected chi connectivity index (χ0v) is 16.6. The predicted octanol–water partition coefficient (Wildman–Crippen LogP) is 3.30. The van der Waals surface area contributed by atoms with Gasteiger partial charge in [-0.25, -0.2) is 13.2 Å². The summed E-state index contributed by atoms with van der Waals surface area (Å²) in [5.41, 5.74) is 0.571. The lowest BCUT2D eigenvalue weighted by atomic mass is 10.3. The quantitative estimate of drug-likeness (QED) is 0.812. The van der Waals surface area contributed by atoms with Crippen molar-refractivity contribution < 1.29 is 27.8 Å². The first kappa shape index (κ1) is 20.3. The Labute approximate surface area is 157 Å². The van der Waals surface area contributed by atoms with E-state index >= 15 is 0 Å². The van der Waals surface area contributed by atoms with Crippen LogP contribution in [0.1, 0.15) is 13.8 Å². The van der Waals surface area contributed by atoms with Gasteiger partial charge in [0.2, 0.25) is 9.84 Å². The summed E-state index contributed by atoms with van der Waals surface area (Å²) >= 11 is 1.21. The van der Waals surface area contributed by atoms with E-state index in [1.54, 1.807) is 19.3 Å². The molecule has 0 radical (unpaired) electrons. The van der Waals surface area contributed by atoms with Crippen LogP contribution >= 0.6 is 11.8 Å². The van der Waals surface area contributed by atoms with Gasteiger partial charge in [0.05, 0.1) is 23.5 Å². The zero-order valence-electron chi connectivity index (χ0n) is 14.9. The van der Waals surface area contributed by atoms with Gasteiger partial charge < -0.3 is 14.6 Å². The fourth-order valence-electron chi connectivity index (χ4n) is 2.44. The maximum absolute atomic E-state index is 13.2. The molecule has 0 bridgehead atoms. The first-order valence-electron chi connectivity index (χ1n) is 7.63. The van der Waals surface area contributed by atoms with Crippen molar-refractivity contribution in [2.24, 2.45) is 0 Å². The number of carbonyl (C=O) groups is 1. The van der Waals surface area contributed by atoms with Gasteiger partial charge in [-0.3, -0.25) is 4.90 Å². The molecular weight excluding hydrogens is 378 g/mol. The average molecular weight is 399 g/mol. The molecule has 0 atom stereocenters. The van der Waals surface area contributed by atoms with Crippen LogP contribution in [0.5, 0.6) is 5.75 Å². The molecule has 1 heterocycles. The lowest BCUT2D eigenvalue weighted by molar-refractivity contribution is 0.145. The third-order valence-corrected chi connectivity index (χ3v) is 6.64. The second-order valence-electron chi connectivity index (χ2n) is 5.97. The predicted molar refractivity (Wildman–Crippen MR) is 99.8 cm³/mol. The Bertz CT molecular complexity index is 841. The average Bonchev–Trinajstić information content (AvgIpc) is 2.71. The van der Waals surface area contributed by atoms with Crippen molar-refractivity contribution in [1.82, 2.24) is 4.90 Å². The van der Waals surface area contributed by atoms with Crippen molar-refractivity contribution in [3.63, 3.8) is 0 Å². The second kappa shape index (κ2) is 7.73. The molecule has 7 nitrogen and oxygen atoms in total. The maximum Gasteiger partial charge on any atom is 0.413 e. The molecule has 1 aliphatic heterocycles. The number of nitrogens with zero attached hydrogens (tertiary/aromatic N) is 1. The third-order valence-electron chi connectivity index (χ3n) is 3.71. The molecule has 0 saturated heterocycles. The highest BCUT2D eigenvalue weighted by molar-refractivity contribution is 8.03. The molecule has 0 fully saturated rings. The van der Waals surface area contributed by atoms with Crippen molar-refractivity contribution in [3.05, 3.63) is 46.4 Å². The molecule has 1 amide bonds. The Morgan fingerprint density at radius 1 is 1.23 bits per heavy atom. The van der Waals surface area contributed by atoms with Crippen LogP contribution in [0.15, 0.2) is 51.2 Å². The molecule has 1 aromatic rings. The number of hydrogen-bond acceptors (Lipinski definition) is 6. The molecule has 1 N–H and O–H groups in total. The molecule has 0 spiro atoms. The molecule has 0 aliphatic carbocycles. The summed E-state index contributed by atoms with van der Waals surface area (Å²) in [7, 11) is -1.12. The monoisotopic (exact) mass is 399 g/mol. The van der Waals surface area contributed by atoms with Gasteiger partial charge in [0.15, 0.2) is 0 Å². The lowest BCUT2D eigenvalue weighted by Crippen LogP contribution is -2.45. The number of methoxy groups -OCH3 is 2. The van der Waals surface area contributed by atoms with Crippen LogP contribution in [0.4, 0.5) is 4.79 Å². The summed E-state index contributed by atoms with van der Waals surface area (Å²) in [5, 5.41) is 11.1. The van der Waals surface area contributed by atoms with Gasteiger partial charge in [-0.15, -0.1) is 11.8 Å². The minimum atomic E-state index is -4.09. The van der Waals surface area contributed by atoms with Crippen molar-refractivity contribution in [1.29, 1.82) is 0 Å². The van der Waals surface area contributed by atoms with Crippen molar-refractivity contribution in [2.75, 3.05) is 20.8 Å². The molecule has 1 aliphatic rings. The van der Waals surface area contributed by atoms with E-state index in [-0.39, 0.29) is 16.5 Å². The van der Waals surface area contributed by atoms with Gasteiger partial charge in [-0.2, -0.15) is 0 Å². The molecular formula is C17H21NO6S2. The van der Waals surface area contributed by atoms with E-state index in [1.165, 1.54) is 56.3 Å². The molecule has 1 aromatic carbocycles. The molecule has 0 unspecified atom stereocenters. The summed E-state index contributed by atoms with van der Waals surface area (Å²) in [6.45, 7) is 3.46. The van der Waals surface area contributed by atoms with Gasteiger partial charge in [-0.05, 0) is 55.2 Å². The summed E-state index contributed by atoms with van der Waals surface area (Å²) in [5.74, 6) is 0.504. The first-order chi connectivity index (χ1) is 12.1. The fraction of sp³-hybridized carbons (Fsp3) is 0.353. The smallest absolute Gasteiger partial charge is 0.413 e. The largest absolute Gasteiger partial charge is 0.497 e. The van der Waals surface area contributed by atoms with Crippen LogP contribution in [-0.2, 0) is 14.6 Å². The van der Waals surface area contributed by atoms with E-state index in [1.807, 2.05) is 0 Å². The summed E-state index contributed by atoms with van der Waals surface area (Å²) < 4.78 is 36.5. The molecule has 26 heavy (non-hydrogen) atoms. The van der Waals surface area contributed by atoms with Gasteiger partial charge in [-0.1, -0.05) is 0 Å². The normalized spacial score (nSPS) is 17.2. The topological polar surface area (TPSA) is 93.1 Å². The van der Waals surface area contributed by atoms with E-state index in [4.69, 9.17) is 9.47 Å². The Morgan fingerprint density at radius 3 is 2.35 bits per heavy atom. The van der Waals surface area contributed by atoms with Gasteiger partial charge in [0.25, 0.3) is 0 Å². The molecule has 9 heteroatoms. The molecule has 0 aromatic heterocycles. The Kier molecular flexibility index (Phi) is 6.05. The number of amides is 1. The molecule has 0 saturated carbocycles. The minimum absolute atomic E-state index is 0.0183. The standard InChI is InChI=1S/C17H21NO6S2/c1-17(2)18(16(19)20)15(9-12(10-23-3)11-25-17)26(21,22)14-7-5-13(24-4)6-8-14/h5-9,11H,10H2,1-4H3,(H,19,20). The first-order valence-corrected chi connectivity index (χ1v) is 9.99. The van der Waals surface area contributed by atoms with E-state index < -0.39 is 20.8 Å². The van der Waals surface area contributed by atoms with Crippen molar-refractivity contribution >= 4 is 27.7 Å². The van der Waals surface area contributed by atoms with Crippen LogP contribution in [0.2, 0.25) is 0 Å². The SMILES string of the molecule is COCC1=CSC(C)(C)N(C(=O)O)C(S(=O)(=O)c2ccc(OC)cc2)=C1. The van der Waals surface area contributed by atoms with Gasteiger partial charge in [0.1, 0.15) is 10.8 Å². The zero-order chi connectivity index (χ0) is 19.5. The second-order valence-corrected chi connectivity index (χ2v) is 9.34. The number of carboxylic acid groups (broad SMARTS) is 1. The Balaban J connectivity index is 2.64. The van der Waals surface area contributed by atoms with Crippen LogP contribution in [0.3, 0.4) is 0 Å². The van der Waals surface area contributed by atoms with E-state index in [0.29, 0.717) is 11.3 Å². The third kappa shape index (κ3) is 4.05. The number of ether oxygens (including phenoxy) is 2. The fourth-order valence-corrected chi connectivity index (χ4v) is 4.94.